The summed E-state index contributed by atoms with van der Waals surface area (Å²) in [7, 11) is 1.67. The molecule has 2 unspecified atom stereocenters. The lowest BCUT2D eigenvalue weighted by atomic mass is 10.1. The van der Waals surface area contributed by atoms with E-state index in [2.05, 4.69) is 39.2 Å². The fraction of sp³-hybridized carbons (Fsp3) is 0.571. The molecule has 1 aromatic heterocycles. The zero-order valence-electron chi connectivity index (χ0n) is 18.0. The van der Waals surface area contributed by atoms with Crippen molar-refractivity contribution in [2.24, 2.45) is 4.99 Å². The fourth-order valence-corrected chi connectivity index (χ4v) is 3.39. The van der Waals surface area contributed by atoms with E-state index in [9.17, 15) is 0 Å². The van der Waals surface area contributed by atoms with E-state index >= 15 is 0 Å². The van der Waals surface area contributed by atoms with E-state index in [0.717, 1.165) is 62.1 Å². The van der Waals surface area contributed by atoms with Crippen LogP contribution in [0.4, 0.5) is 0 Å². The number of nitrogens with one attached hydrogen (secondary N) is 2. The summed E-state index contributed by atoms with van der Waals surface area (Å²) in [6.07, 6.45) is 5.08. The third-order valence-electron chi connectivity index (χ3n) is 5.12. The molecule has 8 nitrogen and oxygen atoms in total. The Morgan fingerprint density at radius 1 is 1.37 bits per heavy atom. The summed E-state index contributed by atoms with van der Waals surface area (Å²) in [6, 6.07) is 8.18. The van der Waals surface area contributed by atoms with Crippen LogP contribution in [0.25, 0.3) is 0 Å². The number of benzene rings is 1. The van der Waals surface area contributed by atoms with Gasteiger partial charge < -0.3 is 24.7 Å². The van der Waals surface area contributed by atoms with Crippen LogP contribution in [0.15, 0.2) is 35.6 Å². The van der Waals surface area contributed by atoms with Crippen LogP contribution in [-0.4, -0.2) is 53.1 Å². The van der Waals surface area contributed by atoms with E-state index in [0.29, 0.717) is 6.54 Å². The molecule has 1 aromatic carbocycles. The Balaban J connectivity index is 0.00000320. The number of guanidine groups is 1. The van der Waals surface area contributed by atoms with Crippen molar-refractivity contribution in [3.05, 3.63) is 42.0 Å². The molecule has 1 aliphatic rings. The Labute approximate surface area is 195 Å². The van der Waals surface area contributed by atoms with E-state index in [1.54, 1.807) is 13.4 Å². The van der Waals surface area contributed by atoms with Gasteiger partial charge in [-0.25, -0.2) is 4.99 Å². The van der Waals surface area contributed by atoms with Gasteiger partial charge in [0.1, 0.15) is 17.9 Å². The topological polar surface area (TPSA) is 85.6 Å². The molecule has 1 fully saturated rings. The SMILES string of the molecule is CCc1nncn1CCNC(=NCc1ccc(OC)cc1)NC(C)C1CCCO1.I. The zero-order chi connectivity index (χ0) is 20.5. The van der Waals surface area contributed by atoms with Crippen molar-refractivity contribution >= 4 is 29.9 Å². The maximum absolute atomic E-state index is 5.82. The standard InChI is InChI=1S/C21H32N6O2.HI/c1-4-20-26-24-15-27(20)12-11-22-21(25-16(2)19-6-5-13-29-19)23-14-17-7-9-18(28-3)10-8-17;/h7-10,15-16,19H,4-6,11-14H2,1-3H3,(H2,22,23,25);1H. The summed E-state index contributed by atoms with van der Waals surface area (Å²) in [4.78, 5) is 4.78. The Bertz CT molecular complexity index is 774. The number of aliphatic imine (C=N–C) groups is 1. The quantitative estimate of drug-likeness (QED) is 0.296. The van der Waals surface area contributed by atoms with Crippen molar-refractivity contribution < 1.29 is 9.47 Å². The monoisotopic (exact) mass is 528 g/mol. The van der Waals surface area contributed by atoms with Crippen molar-refractivity contribution in [1.82, 2.24) is 25.4 Å². The van der Waals surface area contributed by atoms with Crippen LogP contribution < -0.4 is 15.4 Å². The van der Waals surface area contributed by atoms with Crippen molar-refractivity contribution in [2.75, 3.05) is 20.3 Å². The number of aryl methyl sites for hydroxylation is 1. The van der Waals surface area contributed by atoms with E-state index in [1.165, 1.54) is 0 Å². The maximum atomic E-state index is 5.82. The molecule has 30 heavy (non-hydrogen) atoms. The Hall–Kier alpha value is -1.88. The zero-order valence-corrected chi connectivity index (χ0v) is 20.3. The van der Waals surface area contributed by atoms with Crippen molar-refractivity contribution in [3.63, 3.8) is 0 Å². The highest BCUT2D eigenvalue weighted by Crippen LogP contribution is 2.15. The van der Waals surface area contributed by atoms with Gasteiger partial charge in [-0.05, 0) is 37.5 Å². The minimum absolute atomic E-state index is 0. The van der Waals surface area contributed by atoms with Crippen LogP contribution in [-0.2, 0) is 24.2 Å². The lowest BCUT2D eigenvalue weighted by molar-refractivity contribution is 0.0890. The Morgan fingerprint density at radius 3 is 2.83 bits per heavy atom. The van der Waals surface area contributed by atoms with Gasteiger partial charge in [-0.2, -0.15) is 0 Å². The minimum Gasteiger partial charge on any atom is -0.497 e. The fourth-order valence-electron chi connectivity index (χ4n) is 3.39. The molecule has 0 amide bonds. The molecule has 0 aliphatic carbocycles. The van der Waals surface area contributed by atoms with Gasteiger partial charge in [0, 0.05) is 26.1 Å². The lowest BCUT2D eigenvalue weighted by Gasteiger charge is -2.23. The number of ether oxygens (including phenoxy) is 2. The first-order chi connectivity index (χ1) is 14.2. The molecular formula is C21H33IN6O2. The number of nitrogens with zero attached hydrogens (tertiary/aromatic N) is 4. The molecular weight excluding hydrogens is 495 g/mol. The number of aromatic nitrogens is 3. The van der Waals surface area contributed by atoms with Gasteiger partial charge in [-0.1, -0.05) is 19.1 Å². The van der Waals surface area contributed by atoms with Gasteiger partial charge in [-0.15, -0.1) is 34.2 Å². The second-order valence-electron chi connectivity index (χ2n) is 7.22. The lowest BCUT2D eigenvalue weighted by Crippen LogP contribution is -2.47. The number of hydrogen-bond donors (Lipinski definition) is 2. The summed E-state index contributed by atoms with van der Waals surface area (Å²) < 4.78 is 13.1. The molecule has 1 saturated heterocycles. The van der Waals surface area contributed by atoms with Crippen LogP contribution in [0.3, 0.4) is 0 Å². The highest BCUT2D eigenvalue weighted by Gasteiger charge is 2.23. The van der Waals surface area contributed by atoms with Crippen molar-refractivity contribution in [1.29, 1.82) is 0 Å². The normalized spacial score (nSPS) is 17.3. The highest BCUT2D eigenvalue weighted by atomic mass is 127. The third-order valence-corrected chi connectivity index (χ3v) is 5.12. The number of hydrogen-bond acceptors (Lipinski definition) is 5. The predicted molar refractivity (Wildman–Crippen MR) is 129 cm³/mol. The molecule has 166 valence electrons. The van der Waals surface area contributed by atoms with E-state index in [1.807, 2.05) is 24.3 Å². The Morgan fingerprint density at radius 2 is 2.17 bits per heavy atom. The highest BCUT2D eigenvalue weighted by molar-refractivity contribution is 14.0. The van der Waals surface area contributed by atoms with Gasteiger partial charge in [0.15, 0.2) is 5.96 Å². The first kappa shape index (κ1) is 24.4. The molecule has 3 rings (SSSR count). The summed E-state index contributed by atoms with van der Waals surface area (Å²) in [5.74, 6) is 2.63. The van der Waals surface area contributed by atoms with Gasteiger partial charge >= 0.3 is 0 Å². The molecule has 2 N–H and O–H groups in total. The van der Waals surface area contributed by atoms with Crippen molar-refractivity contribution in [3.8, 4) is 5.75 Å². The second kappa shape index (κ2) is 12.7. The van der Waals surface area contributed by atoms with Gasteiger partial charge in [0.05, 0.1) is 25.8 Å². The first-order valence-corrected chi connectivity index (χ1v) is 10.4. The number of rotatable bonds is 9. The number of methoxy groups -OCH3 is 1. The molecule has 0 spiro atoms. The van der Waals surface area contributed by atoms with Gasteiger partial charge in [-0.3, -0.25) is 0 Å². The summed E-state index contributed by atoms with van der Waals surface area (Å²) >= 11 is 0. The van der Waals surface area contributed by atoms with E-state index in [-0.39, 0.29) is 36.1 Å². The summed E-state index contributed by atoms with van der Waals surface area (Å²) in [5, 5.41) is 15.1. The maximum Gasteiger partial charge on any atom is 0.191 e. The molecule has 2 atom stereocenters. The van der Waals surface area contributed by atoms with Gasteiger partial charge in [0.25, 0.3) is 0 Å². The average Bonchev–Trinajstić information content (AvgIpc) is 3.44. The van der Waals surface area contributed by atoms with E-state index in [4.69, 9.17) is 14.5 Å². The molecule has 9 heteroatoms. The largest absolute Gasteiger partial charge is 0.497 e. The minimum atomic E-state index is 0. The van der Waals surface area contributed by atoms with Crippen LogP contribution in [0, 0.1) is 0 Å². The molecule has 0 radical (unpaired) electrons. The summed E-state index contributed by atoms with van der Waals surface area (Å²) in [5.41, 5.74) is 1.13. The smallest absolute Gasteiger partial charge is 0.191 e. The Kier molecular flexibility index (Phi) is 10.4. The first-order valence-electron chi connectivity index (χ1n) is 10.4. The van der Waals surface area contributed by atoms with Crippen LogP contribution in [0.5, 0.6) is 5.75 Å². The third kappa shape index (κ3) is 7.12. The van der Waals surface area contributed by atoms with Crippen LogP contribution in [0.2, 0.25) is 0 Å². The molecule has 2 aromatic rings. The second-order valence-corrected chi connectivity index (χ2v) is 7.22. The van der Waals surface area contributed by atoms with E-state index < -0.39 is 0 Å². The van der Waals surface area contributed by atoms with Crippen LogP contribution in [0.1, 0.15) is 38.1 Å². The molecule has 2 heterocycles. The predicted octanol–water partition coefficient (Wildman–Crippen LogP) is 2.77. The summed E-state index contributed by atoms with van der Waals surface area (Å²) in [6.45, 7) is 7.18. The number of halogens is 1. The van der Waals surface area contributed by atoms with Gasteiger partial charge in [0.2, 0.25) is 0 Å². The molecule has 1 aliphatic heterocycles. The molecule has 0 bridgehead atoms. The molecule has 0 saturated carbocycles. The van der Waals surface area contributed by atoms with Crippen LogP contribution >= 0.6 is 24.0 Å². The average molecular weight is 528 g/mol. The van der Waals surface area contributed by atoms with Crippen molar-refractivity contribution in [2.45, 2.75) is 58.3 Å².